The molecule has 6 heteroatoms. The highest BCUT2D eigenvalue weighted by molar-refractivity contribution is 7.09. The van der Waals surface area contributed by atoms with Gasteiger partial charge in [-0.2, -0.15) is 4.98 Å². The molecule has 3 aromatic rings. The van der Waals surface area contributed by atoms with Crippen LogP contribution in [0.1, 0.15) is 18.7 Å². The van der Waals surface area contributed by atoms with Crippen LogP contribution in [0.25, 0.3) is 11.3 Å². The fourth-order valence-electron chi connectivity index (χ4n) is 2.11. The lowest BCUT2D eigenvalue weighted by Gasteiger charge is -2.12. The highest BCUT2D eigenvalue weighted by atomic mass is 32.1. The van der Waals surface area contributed by atoms with E-state index in [1.807, 2.05) is 24.4 Å². The van der Waals surface area contributed by atoms with Crippen LogP contribution in [0.5, 0.6) is 0 Å². The van der Waals surface area contributed by atoms with E-state index in [0.29, 0.717) is 5.95 Å². The first kappa shape index (κ1) is 15.4. The summed E-state index contributed by atoms with van der Waals surface area (Å²) in [6.45, 7) is 4.89. The van der Waals surface area contributed by atoms with Gasteiger partial charge in [0.2, 0.25) is 5.95 Å². The van der Waals surface area contributed by atoms with Gasteiger partial charge in [0.15, 0.2) is 0 Å². The topological polar surface area (TPSA) is 62.7 Å². The van der Waals surface area contributed by atoms with E-state index < -0.39 is 0 Å². The van der Waals surface area contributed by atoms with Crippen molar-refractivity contribution in [2.45, 2.75) is 26.4 Å². The Morgan fingerprint density at radius 3 is 2.78 bits per heavy atom. The number of aromatic nitrogens is 3. The molecule has 0 saturated heterocycles. The Hall–Kier alpha value is -2.47. The monoisotopic (exact) mass is 325 g/mol. The number of rotatable bonds is 6. The maximum absolute atomic E-state index is 4.59. The third kappa shape index (κ3) is 4.26. The van der Waals surface area contributed by atoms with E-state index in [0.717, 1.165) is 23.6 Å². The first-order chi connectivity index (χ1) is 11.2. The van der Waals surface area contributed by atoms with Crippen molar-refractivity contribution in [1.29, 1.82) is 0 Å². The van der Waals surface area contributed by atoms with E-state index in [9.17, 15) is 0 Å². The van der Waals surface area contributed by atoms with Crippen LogP contribution in [-0.4, -0.2) is 21.0 Å². The van der Waals surface area contributed by atoms with Crippen molar-refractivity contribution in [2.24, 2.45) is 0 Å². The largest absolute Gasteiger partial charge is 0.365 e. The van der Waals surface area contributed by atoms with Crippen LogP contribution in [0.4, 0.5) is 11.8 Å². The van der Waals surface area contributed by atoms with E-state index in [4.69, 9.17) is 0 Å². The smallest absolute Gasteiger partial charge is 0.225 e. The Balaban J connectivity index is 1.88. The van der Waals surface area contributed by atoms with Crippen molar-refractivity contribution < 1.29 is 0 Å². The number of hydrogen-bond donors (Lipinski definition) is 2. The highest BCUT2D eigenvalue weighted by Crippen LogP contribution is 2.21. The van der Waals surface area contributed by atoms with Crippen LogP contribution in [-0.2, 0) is 6.54 Å². The Morgan fingerprint density at radius 1 is 1.17 bits per heavy atom. The summed E-state index contributed by atoms with van der Waals surface area (Å²) in [7, 11) is 0. The molecule has 0 aliphatic carbocycles. The molecule has 0 fully saturated rings. The van der Waals surface area contributed by atoms with E-state index in [1.54, 1.807) is 17.5 Å². The fraction of sp³-hybridized carbons (Fsp3) is 0.235. The molecule has 118 valence electrons. The van der Waals surface area contributed by atoms with Gasteiger partial charge in [-0.25, -0.2) is 4.98 Å². The van der Waals surface area contributed by atoms with E-state index in [2.05, 4.69) is 56.9 Å². The fourth-order valence-corrected chi connectivity index (χ4v) is 2.76. The number of thiophene rings is 1. The lowest BCUT2D eigenvalue weighted by molar-refractivity contribution is 0.874. The van der Waals surface area contributed by atoms with Crippen LogP contribution in [0.2, 0.25) is 0 Å². The molecule has 3 heterocycles. The lowest BCUT2D eigenvalue weighted by Crippen LogP contribution is -2.14. The highest BCUT2D eigenvalue weighted by Gasteiger charge is 2.08. The van der Waals surface area contributed by atoms with Crippen LogP contribution in [0.15, 0.2) is 48.1 Å². The number of anilines is 2. The molecule has 3 rings (SSSR count). The molecule has 0 aliphatic heterocycles. The second-order valence-electron chi connectivity index (χ2n) is 5.44. The van der Waals surface area contributed by atoms with Crippen LogP contribution in [0.3, 0.4) is 0 Å². The van der Waals surface area contributed by atoms with Crippen molar-refractivity contribution in [3.8, 4) is 11.3 Å². The SMILES string of the molecule is CC(C)Nc1nc(NCc2cccs2)cc(-c2cccnc2)n1. The van der Waals surface area contributed by atoms with Crippen LogP contribution >= 0.6 is 11.3 Å². The van der Waals surface area contributed by atoms with Gasteiger partial charge in [0, 0.05) is 34.9 Å². The molecular formula is C17H19N5S. The van der Waals surface area contributed by atoms with Gasteiger partial charge < -0.3 is 10.6 Å². The van der Waals surface area contributed by atoms with Crippen molar-refractivity contribution in [1.82, 2.24) is 15.0 Å². The molecule has 3 aromatic heterocycles. The maximum atomic E-state index is 4.59. The van der Waals surface area contributed by atoms with Gasteiger partial charge in [-0.05, 0) is 37.4 Å². The van der Waals surface area contributed by atoms with Gasteiger partial charge in [-0.15, -0.1) is 11.3 Å². The zero-order valence-electron chi connectivity index (χ0n) is 13.2. The van der Waals surface area contributed by atoms with Gasteiger partial charge in [-0.3, -0.25) is 4.98 Å². The minimum atomic E-state index is 0.268. The predicted molar refractivity (Wildman–Crippen MR) is 95.7 cm³/mol. The van der Waals surface area contributed by atoms with E-state index >= 15 is 0 Å². The Morgan fingerprint density at radius 2 is 2.09 bits per heavy atom. The summed E-state index contributed by atoms with van der Waals surface area (Å²) in [6, 6.07) is 10.3. The van der Waals surface area contributed by atoms with Gasteiger partial charge >= 0.3 is 0 Å². The third-order valence-corrected chi connectivity index (χ3v) is 4.00. The second-order valence-corrected chi connectivity index (χ2v) is 6.47. The lowest BCUT2D eigenvalue weighted by atomic mass is 10.2. The first-order valence-electron chi connectivity index (χ1n) is 7.53. The molecule has 5 nitrogen and oxygen atoms in total. The quantitative estimate of drug-likeness (QED) is 0.716. The van der Waals surface area contributed by atoms with E-state index in [-0.39, 0.29) is 6.04 Å². The van der Waals surface area contributed by atoms with Gasteiger partial charge in [-0.1, -0.05) is 6.07 Å². The summed E-state index contributed by atoms with van der Waals surface area (Å²) < 4.78 is 0. The molecule has 23 heavy (non-hydrogen) atoms. The Kier molecular flexibility index (Phi) is 4.83. The number of hydrogen-bond acceptors (Lipinski definition) is 6. The molecular weight excluding hydrogens is 306 g/mol. The van der Waals surface area contributed by atoms with Crippen molar-refractivity contribution in [2.75, 3.05) is 10.6 Å². The van der Waals surface area contributed by atoms with Gasteiger partial charge in [0.25, 0.3) is 0 Å². The van der Waals surface area contributed by atoms with Crippen molar-refractivity contribution in [3.63, 3.8) is 0 Å². The predicted octanol–water partition coefficient (Wildman–Crippen LogP) is 4.03. The molecule has 0 amide bonds. The van der Waals surface area contributed by atoms with Crippen molar-refractivity contribution >= 4 is 23.1 Å². The summed E-state index contributed by atoms with van der Waals surface area (Å²) >= 11 is 1.73. The summed E-state index contributed by atoms with van der Waals surface area (Å²) in [5, 5.41) is 8.71. The van der Waals surface area contributed by atoms with Crippen LogP contribution in [0, 0.1) is 0 Å². The standard InChI is InChI=1S/C17H19N5S/c1-12(2)20-17-21-15(13-5-3-7-18-10-13)9-16(22-17)19-11-14-6-4-8-23-14/h3-10,12H,11H2,1-2H3,(H2,19,20,21,22). The molecule has 0 spiro atoms. The summed E-state index contributed by atoms with van der Waals surface area (Å²) in [5.74, 6) is 1.42. The summed E-state index contributed by atoms with van der Waals surface area (Å²) in [4.78, 5) is 14.6. The average Bonchev–Trinajstić information content (AvgIpc) is 3.06. The zero-order valence-corrected chi connectivity index (χ0v) is 14.0. The third-order valence-electron chi connectivity index (χ3n) is 3.13. The van der Waals surface area contributed by atoms with Crippen molar-refractivity contribution in [3.05, 3.63) is 53.0 Å². The molecule has 0 unspecified atom stereocenters. The molecule has 0 radical (unpaired) electrons. The molecule has 0 aliphatic rings. The summed E-state index contributed by atoms with van der Waals surface area (Å²) in [5.41, 5.74) is 1.82. The number of pyridine rings is 1. The number of nitrogens with zero attached hydrogens (tertiary/aromatic N) is 3. The Bertz CT molecular complexity index is 741. The minimum absolute atomic E-state index is 0.268. The maximum Gasteiger partial charge on any atom is 0.225 e. The second kappa shape index (κ2) is 7.19. The first-order valence-corrected chi connectivity index (χ1v) is 8.41. The molecule has 0 aromatic carbocycles. The van der Waals surface area contributed by atoms with E-state index in [1.165, 1.54) is 4.88 Å². The molecule has 0 atom stereocenters. The van der Waals surface area contributed by atoms with Gasteiger partial charge in [0.05, 0.1) is 12.2 Å². The van der Waals surface area contributed by atoms with Crippen LogP contribution < -0.4 is 10.6 Å². The number of nitrogens with one attached hydrogen (secondary N) is 2. The zero-order chi connectivity index (χ0) is 16.1. The van der Waals surface area contributed by atoms with Gasteiger partial charge in [0.1, 0.15) is 5.82 Å². The normalized spacial score (nSPS) is 10.7. The Labute approximate surface area is 139 Å². The molecule has 0 bridgehead atoms. The minimum Gasteiger partial charge on any atom is -0.365 e. The molecule has 2 N–H and O–H groups in total. The molecule has 0 saturated carbocycles. The average molecular weight is 325 g/mol. The summed E-state index contributed by atoms with van der Waals surface area (Å²) in [6.07, 6.45) is 3.57.